The lowest BCUT2D eigenvalue weighted by Gasteiger charge is -2.32. The second-order valence-electron chi connectivity index (χ2n) is 9.14. The molecule has 0 saturated heterocycles. The van der Waals surface area contributed by atoms with Crippen LogP contribution in [0.5, 0.6) is 0 Å². The molecule has 29 heavy (non-hydrogen) atoms. The number of aliphatic hydroxyl groups excluding tert-OH is 1. The largest absolute Gasteiger partial charge is 0.458 e. The number of thiocarbonyl (C=S) groups is 1. The summed E-state index contributed by atoms with van der Waals surface area (Å²) >= 11 is 4.84. The van der Waals surface area contributed by atoms with E-state index in [1.165, 1.54) is 6.92 Å². The lowest BCUT2D eigenvalue weighted by molar-refractivity contribution is -0.145. The molecule has 0 aromatic heterocycles. The van der Waals surface area contributed by atoms with Gasteiger partial charge >= 0.3 is 5.97 Å². The average Bonchev–Trinajstić information content (AvgIpc) is 2.57. The normalized spacial score (nSPS) is 34.7. The molecule has 0 aromatic carbocycles. The zero-order valence-electron chi connectivity index (χ0n) is 18.6. The Bertz CT molecular complexity index is 664. The molecule has 2 N–H and O–H groups in total. The molecule has 1 aliphatic rings. The standard InChI is InChI=1S/C23H37NO4S/c1-16(2)19-9-11-22(5,27)14-20(28-18(4)25)13-17(3)7-8-21(26)23(6,12-10-19)24-15-29/h9,11,13,16,19-21,26-27H,7-8,10,12,14H2,1-6H3/t19-,20-,21-,22+,23-/m0/s1. The molecule has 0 saturated carbocycles. The lowest BCUT2D eigenvalue weighted by Crippen LogP contribution is -2.38. The minimum absolute atomic E-state index is 0.209. The highest BCUT2D eigenvalue weighted by molar-refractivity contribution is 7.78. The van der Waals surface area contributed by atoms with Gasteiger partial charge in [-0.1, -0.05) is 31.6 Å². The number of rotatable bonds is 3. The molecule has 164 valence electrons. The summed E-state index contributed by atoms with van der Waals surface area (Å²) in [6.07, 6.45) is 7.42. The van der Waals surface area contributed by atoms with Crippen molar-refractivity contribution in [2.45, 2.75) is 97.0 Å². The molecular weight excluding hydrogens is 386 g/mol. The molecule has 0 unspecified atom stereocenters. The number of hydrogen-bond donors (Lipinski definition) is 2. The zero-order chi connectivity index (χ0) is 22.2. The van der Waals surface area contributed by atoms with Gasteiger partial charge in [0.05, 0.1) is 22.4 Å². The number of allylic oxidation sites excluding steroid dienone is 2. The topological polar surface area (TPSA) is 79.1 Å². The van der Waals surface area contributed by atoms with Crippen molar-refractivity contribution in [3.05, 3.63) is 23.8 Å². The summed E-state index contributed by atoms with van der Waals surface area (Å²) in [5, 5.41) is 24.2. The van der Waals surface area contributed by atoms with Gasteiger partial charge in [0.15, 0.2) is 0 Å². The second-order valence-corrected chi connectivity index (χ2v) is 9.33. The number of aliphatic hydroxyl groups is 2. The van der Waals surface area contributed by atoms with Gasteiger partial charge in [-0.25, -0.2) is 4.99 Å². The molecule has 0 amide bonds. The van der Waals surface area contributed by atoms with Crippen LogP contribution in [-0.2, 0) is 9.53 Å². The fraction of sp³-hybridized carbons (Fsp3) is 0.739. The van der Waals surface area contributed by atoms with Crippen LogP contribution in [0.4, 0.5) is 0 Å². The molecule has 0 spiro atoms. The number of aliphatic imine (C=N–C) groups is 1. The van der Waals surface area contributed by atoms with Crippen LogP contribution in [0.2, 0.25) is 0 Å². The highest BCUT2D eigenvalue weighted by atomic mass is 32.1. The fourth-order valence-corrected chi connectivity index (χ4v) is 3.95. The van der Waals surface area contributed by atoms with Gasteiger partial charge in [-0.05, 0) is 76.6 Å². The van der Waals surface area contributed by atoms with Crippen LogP contribution in [0.25, 0.3) is 0 Å². The van der Waals surface area contributed by atoms with E-state index in [1.54, 1.807) is 13.0 Å². The first kappa shape index (κ1) is 25.7. The predicted octanol–water partition coefficient (Wildman–Crippen LogP) is 4.63. The summed E-state index contributed by atoms with van der Waals surface area (Å²) in [7, 11) is 0. The zero-order valence-corrected chi connectivity index (χ0v) is 19.5. The summed E-state index contributed by atoms with van der Waals surface area (Å²) in [5.41, 5.74) is -0.824. The van der Waals surface area contributed by atoms with Gasteiger partial charge in [-0.3, -0.25) is 4.79 Å². The molecular formula is C23H37NO4S. The Balaban J connectivity index is 3.30. The van der Waals surface area contributed by atoms with Crippen LogP contribution >= 0.6 is 12.2 Å². The van der Waals surface area contributed by atoms with E-state index in [-0.39, 0.29) is 18.3 Å². The number of ether oxygens (including phenoxy) is 1. The van der Waals surface area contributed by atoms with Gasteiger partial charge < -0.3 is 14.9 Å². The number of isothiocyanates is 1. The Kier molecular flexibility index (Phi) is 9.90. The molecule has 0 bridgehead atoms. The van der Waals surface area contributed by atoms with E-state index in [1.807, 2.05) is 26.0 Å². The highest BCUT2D eigenvalue weighted by Crippen LogP contribution is 2.32. The van der Waals surface area contributed by atoms with Crippen LogP contribution in [0.15, 0.2) is 28.8 Å². The van der Waals surface area contributed by atoms with E-state index in [0.29, 0.717) is 25.2 Å². The van der Waals surface area contributed by atoms with Crippen molar-refractivity contribution in [1.29, 1.82) is 0 Å². The van der Waals surface area contributed by atoms with Gasteiger partial charge in [-0.2, -0.15) is 0 Å². The van der Waals surface area contributed by atoms with Crippen molar-refractivity contribution in [2.75, 3.05) is 0 Å². The number of esters is 1. The number of carbonyl (C=O) groups is 1. The van der Waals surface area contributed by atoms with Crippen LogP contribution in [0, 0.1) is 11.8 Å². The third-order valence-corrected chi connectivity index (χ3v) is 5.87. The molecule has 0 aliphatic heterocycles. The Morgan fingerprint density at radius 3 is 2.59 bits per heavy atom. The molecule has 0 fully saturated rings. The SMILES string of the molecule is CC(=O)O[C@H]1C=C(C)CC[C@H](O)[C@@](C)(N=C=S)CC[C@@H](C(C)C)C=C[C@@](C)(O)C1. The van der Waals surface area contributed by atoms with E-state index in [2.05, 4.69) is 24.0 Å². The van der Waals surface area contributed by atoms with E-state index in [4.69, 9.17) is 17.0 Å². The van der Waals surface area contributed by atoms with Gasteiger partial charge in [0.25, 0.3) is 0 Å². The third kappa shape index (κ3) is 8.91. The first-order valence-corrected chi connectivity index (χ1v) is 10.8. The maximum absolute atomic E-state index is 11.5. The Morgan fingerprint density at radius 1 is 1.38 bits per heavy atom. The summed E-state index contributed by atoms with van der Waals surface area (Å²) in [6, 6.07) is 0. The number of hydrogen-bond acceptors (Lipinski definition) is 6. The Hall–Kier alpha value is -1.33. The summed E-state index contributed by atoms with van der Waals surface area (Å²) in [4.78, 5) is 15.9. The maximum atomic E-state index is 11.5. The van der Waals surface area contributed by atoms with Crippen molar-refractivity contribution in [3.63, 3.8) is 0 Å². The van der Waals surface area contributed by atoms with Crippen LogP contribution in [-0.4, -0.2) is 44.7 Å². The maximum Gasteiger partial charge on any atom is 0.303 e. The highest BCUT2D eigenvalue weighted by Gasteiger charge is 2.33. The summed E-state index contributed by atoms with van der Waals surface area (Å²) < 4.78 is 5.42. The molecule has 0 heterocycles. The van der Waals surface area contributed by atoms with Gasteiger partial charge in [0.2, 0.25) is 0 Å². The molecule has 0 radical (unpaired) electrons. The fourth-order valence-electron chi connectivity index (χ4n) is 3.74. The molecule has 6 heteroatoms. The first-order chi connectivity index (χ1) is 13.4. The van der Waals surface area contributed by atoms with Crippen LogP contribution < -0.4 is 0 Å². The Labute approximate surface area is 181 Å². The van der Waals surface area contributed by atoms with Crippen LogP contribution in [0.1, 0.15) is 73.6 Å². The number of carbonyl (C=O) groups excluding carboxylic acids is 1. The van der Waals surface area contributed by atoms with Crippen LogP contribution in [0.3, 0.4) is 0 Å². The number of nitrogens with zero attached hydrogens (tertiary/aromatic N) is 1. The Morgan fingerprint density at radius 2 is 2.03 bits per heavy atom. The minimum Gasteiger partial charge on any atom is -0.458 e. The quantitative estimate of drug-likeness (QED) is 0.299. The molecule has 1 rings (SSSR count). The average molecular weight is 424 g/mol. The van der Waals surface area contributed by atoms with E-state index >= 15 is 0 Å². The minimum atomic E-state index is -1.11. The summed E-state index contributed by atoms with van der Waals surface area (Å²) in [6.45, 7) is 11.2. The van der Waals surface area contributed by atoms with E-state index < -0.39 is 23.3 Å². The van der Waals surface area contributed by atoms with Gasteiger partial charge in [-0.15, -0.1) is 0 Å². The van der Waals surface area contributed by atoms with Crippen molar-refractivity contribution >= 4 is 23.3 Å². The van der Waals surface area contributed by atoms with Crippen molar-refractivity contribution in [2.24, 2.45) is 16.8 Å². The first-order valence-electron chi connectivity index (χ1n) is 10.4. The molecule has 5 atom stereocenters. The predicted molar refractivity (Wildman–Crippen MR) is 120 cm³/mol. The van der Waals surface area contributed by atoms with E-state index in [0.717, 1.165) is 12.0 Å². The van der Waals surface area contributed by atoms with E-state index in [9.17, 15) is 15.0 Å². The van der Waals surface area contributed by atoms with Crippen molar-refractivity contribution in [1.82, 2.24) is 0 Å². The lowest BCUT2D eigenvalue weighted by atomic mass is 9.80. The van der Waals surface area contributed by atoms with Crippen molar-refractivity contribution in [3.8, 4) is 0 Å². The smallest absolute Gasteiger partial charge is 0.303 e. The molecule has 0 aromatic rings. The third-order valence-electron chi connectivity index (χ3n) is 5.78. The monoisotopic (exact) mass is 423 g/mol. The molecule has 1 aliphatic carbocycles. The molecule has 5 nitrogen and oxygen atoms in total. The van der Waals surface area contributed by atoms with Gasteiger partial charge in [0.1, 0.15) is 6.10 Å². The second kappa shape index (κ2) is 11.2. The van der Waals surface area contributed by atoms with Crippen molar-refractivity contribution < 1.29 is 19.7 Å². The summed E-state index contributed by atoms with van der Waals surface area (Å²) in [5.74, 6) is 0.183. The van der Waals surface area contributed by atoms with Gasteiger partial charge in [0, 0.05) is 13.3 Å².